The van der Waals surface area contributed by atoms with E-state index >= 15 is 0 Å². The number of aryl methyl sites for hydroxylation is 3. The molecule has 0 amide bonds. The summed E-state index contributed by atoms with van der Waals surface area (Å²) in [7, 11) is 0. The molecule has 0 atom stereocenters. The van der Waals surface area contributed by atoms with Crippen molar-refractivity contribution in [2.45, 2.75) is 20.8 Å². The summed E-state index contributed by atoms with van der Waals surface area (Å²) in [5.74, 6) is -1.67. The van der Waals surface area contributed by atoms with Gasteiger partial charge in [-0.2, -0.15) is 0 Å². The van der Waals surface area contributed by atoms with Gasteiger partial charge in [0.15, 0.2) is 5.78 Å². The molecule has 0 bridgehead atoms. The zero-order chi connectivity index (χ0) is 26.5. The van der Waals surface area contributed by atoms with Crippen LogP contribution in [0.1, 0.15) is 53.3 Å². The molecule has 0 aliphatic rings. The quantitative estimate of drug-likeness (QED) is 0.123. The van der Waals surface area contributed by atoms with E-state index in [1.807, 2.05) is 19.9 Å². The molecule has 0 aromatic heterocycles. The highest BCUT2D eigenvalue weighted by Crippen LogP contribution is 2.29. The number of hydrogen-bond acceptors (Lipinski definition) is 7. The van der Waals surface area contributed by atoms with Crippen molar-refractivity contribution in [3.05, 3.63) is 129 Å². The number of carbonyl (C=O) groups is 3. The number of rotatable bonds is 7. The van der Waals surface area contributed by atoms with Gasteiger partial charge < -0.3 is 9.47 Å². The van der Waals surface area contributed by atoms with E-state index in [-0.39, 0.29) is 28.3 Å². The van der Waals surface area contributed by atoms with Gasteiger partial charge in [0.2, 0.25) is 0 Å². The van der Waals surface area contributed by atoms with E-state index in [1.165, 1.54) is 30.3 Å². The largest absolute Gasteiger partial charge is 0.423 e. The molecule has 0 saturated heterocycles. The van der Waals surface area contributed by atoms with Crippen LogP contribution in [0.4, 0.5) is 5.69 Å². The Bertz CT molecular complexity index is 1520. The van der Waals surface area contributed by atoms with E-state index in [1.54, 1.807) is 55.5 Å². The third-order valence-electron chi connectivity index (χ3n) is 5.93. The van der Waals surface area contributed by atoms with E-state index < -0.39 is 17.7 Å². The second-order valence-corrected chi connectivity index (χ2v) is 8.52. The fourth-order valence-electron chi connectivity index (χ4n) is 3.61. The summed E-state index contributed by atoms with van der Waals surface area (Å²) in [5.41, 5.74) is 3.61. The summed E-state index contributed by atoms with van der Waals surface area (Å²) in [6.07, 6.45) is 0. The molecule has 0 saturated carbocycles. The van der Waals surface area contributed by atoms with Gasteiger partial charge in [0.05, 0.1) is 16.7 Å². The summed E-state index contributed by atoms with van der Waals surface area (Å²) in [4.78, 5) is 49.9. The lowest BCUT2D eigenvalue weighted by atomic mass is 10.0. The lowest BCUT2D eigenvalue weighted by Gasteiger charge is -2.13. The topological polar surface area (TPSA) is 99.1 Å². The fourth-order valence-corrected chi connectivity index (χ4v) is 3.61. The van der Waals surface area contributed by atoms with Crippen molar-refractivity contribution in [1.29, 1.82) is 0 Å². The van der Waals surface area contributed by atoms with E-state index in [2.05, 4.69) is 5.18 Å². The number of ketones is 1. The summed E-state index contributed by atoms with van der Waals surface area (Å²) in [6.45, 7) is 5.53. The summed E-state index contributed by atoms with van der Waals surface area (Å²) in [6, 6.07) is 22.3. The number of benzene rings is 4. The molecule has 0 N–H and O–H groups in total. The predicted molar refractivity (Wildman–Crippen MR) is 139 cm³/mol. The molecular weight excluding hydrogens is 470 g/mol. The van der Waals surface area contributed by atoms with E-state index in [0.717, 1.165) is 11.1 Å². The van der Waals surface area contributed by atoms with E-state index in [9.17, 15) is 19.3 Å². The first-order chi connectivity index (χ1) is 17.8. The summed E-state index contributed by atoms with van der Waals surface area (Å²) >= 11 is 0. The molecular formula is C30H23NO6. The minimum Gasteiger partial charge on any atom is -0.423 e. The Hall–Kier alpha value is -4.91. The Morgan fingerprint density at radius 3 is 1.95 bits per heavy atom. The second kappa shape index (κ2) is 10.8. The Balaban J connectivity index is 1.67. The normalized spacial score (nSPS) is 10.5. The molecule has 4 aromatic carbocycles. The zero-order valence-corrected chi connectivity index (χ0v) is 20.5. The minimum atomic E-state index is -0.733. The fraction of sp³-hybridized carbons (Fsp3) is 0.100. The van der Waals surface area contributed by atoms with Gasteiger partial charge in [-0.1, -0.05) is 42.5 Å². The first-order valence-electron chi connectivity index (χ1n) is 11.5. The van der Waals surface area contributed by atoms with Crippen LogP contribution in [0.3, 0.4) is 0 Å². The minimum absolute atomic E-state index is 0.0275. The van der Waals surface area contributed by atoms with Crippen LogP contribution in [-0.2, 0) is 0 Å². The highest BCUT2D eigenvalue weighted by Gasteiger charge is 2.21. The molecule has 0 unspecified atom stereocenters. The summed E-state index contributed by atoms with van der Waals surface area (Å²) < 4.78 is 11.1. The molecule has 0 aliphatic carbocycles. The average Bonchev–Trinajstić information content (AvgIpc) is 2.91. The van der Waals surface area contributed by atoms with Crippen molar-refractivity contribution in [1.82, 2.24) is 0 Å². The number of ether oxygens (including phenoxy) is 2. The van der Waals surface area contributed by atoms with Gasteiger partial charge in [-0.25, -0.2) is 9.59 Å². The third-order valence-corrected chi connectivity index (χ3v) is 5.93. The molecule has 0 spiro atoms. The number of hydrogen-bond donors (Lipinski definition) is 0. The maximum atomic E-state index is 13.3. The van der Waals surface area contributed by atoms with Crippen LogP contribution < -0.4 is 9.47 Å². The highest BCUT2D eigenvalue weighted by molar-refractivity contribution is 6.11. The molecule has 0 fully saturated rings. The lowest BCUT2D eigenvalue weighted by Crippen LogP contribution is -2.14. The van der Waals surface area contributed by atoms with Crippen LogP contribution in [0.2, 0.25) is 0 Å². The van der Waals surface area contributed by atoms with Crippen LogP contribution in [-0.4, -0.2) is 17.7 Å². The second-order valence-electron chi connectivity index (χ2n) is 8.52. The van der Waals surface area contributed by atoms with Crippen LogP contribution >= 0.6 is 0 Å². The van der Waals surface area contributed by atoms with Crippen LogP contribution in [0.25, 0.3) is 0 Å². The van der Waals surface area contributed by atoms with Crippen molar-refractivity contribution >= 4 is 23.4 Å². The van der Waals surface area contributed by atoms with Crippen molar-refractivity contribution < 1.29 is 23.9 Å². The molecule has 0 heterocycles. The van der Waals surface area contributed by atoms with Crippen LogP contribution in [0.5, 0.6) is 11.5 Å². The van der Waals surface area contributed by atoms with Crippen LogP contribution in [0.15, 0.2) is 90.1 Å². The standard InChI is InChI=1S/C30H23NO6/c1-18-9-11-22(15-20(18)3)30(34)37-27-14-13-24(17-25(27)28(32)21-7-5-4-6-8-21)36-29(33)23-12-10-19(2)26(16-23)31-35/h4-17H,1-3H3. The first kappa shape index (κ1) is 25.2. The van der Waals surface area contributed by atoms with Crippen molar-refractivity contribution in [3.8, 4) is 11.5 Å². The molecule has 184 valence electrons. The molecule has 7 heteroatoms. The average molecular weight is 494 g/mol. The summed E-state index contributed by atoms with van der Waals surface area (Å²) in [5, 5.41) is 2.91. The predicted octanol–water partition coefficient (Wildman–Crippen LogP) is 6.68. The zero-order valence-electron chi connectivity index (χ0n) is 20.5. The maximum absolute atomic E-state index is 13.3. The highest BCUT2D eigenvalue weighted by atomic mass is 16.5. The van der Waals surface area contributed by atoms with Crippen LogP contribution in [0, 0.1) is 25.7 Å². The Kier molecular flexibility index (Phi) is 7.34. The van der Waals surface area contributed by atoms with Gasteiger partial charge in [0, 0.05) is 5.56 Å². The Morgan fingerprint density at radius 2 is 1.27 bits per heavy atom. The van der Waals surface area contributed by atoms with Crippen molar-refractivity contribution in [2.24, 2.45) is 5.18 Å². The number of carbonyl (C=O) groups excluding carboxylic acids is 3. The lowest BCUT2D eigenvalue weighted by molar-refractivity contribution is 0.0716. The molecule has 4 aromatic rings. The van der Waals surface area contributed by atoms with Gasteiger partial charge in [0.1, 0.15) is 17.2 Å². The van der Waals surface area contributed by atoms with Crippen molar-refractivity contribution in [3.63, 3.8) is 0 Å². The molecule has 7 nitrogen and oxygen atoms in total. The monoisotopic (exact) mass is 493 g/mol. The molecule has 0 aliphatic heterocycles. The molecule has 0 radical (unpaired) electrons. The number of nitroso groups, excluding NO2 is 1. The molecule has 4 rings (SSSR count). The van der Waals surface area contributed by atoms with Gasteiger partial charge in [-0.05, 0) is 85.1 Å². The molecule has 37 heavy (non-hydrogen) atoms. The maximum Gasteiger partial charge on any atom is 0.343 e. The third kappa shape index (κ3) is 5.67. The van der Waals surface area contributed by atoms with Gasteiger partial charge in [-0.3, -0.25) is 4.79 Å². The smallest absolute Gasteiger partial charge is 0.343 e. The van der Waals surface area contributed by atoms with Crippen molar-refractivity contribution in [2.75, 3.05) is 0 Å². The Morgan fingerprint density at radius 1 is 0.622 bits per heavy atom. The van der Waals surface area contributed by atoms with Gasteiger partial charge >= 0.3 is 11.9 Å². The number of nitrogens with zero attached hydrogens (tertiary/aromatic N) is 1. The van der Waals surface area contributed by atoms with Gasteiger partial charge in [-0.15, -0.1) is 4.91 Å². The van der Waals surface area contributed by atoms with Gasteiger partial charge in [0.25, 0.3) is 0 Å². The van der Waals surface area contributed by atoms with E-state index in [4.69, 9.17) is 9.47 Å². The number of esters is 2. The van der Waals surface area contributed by atoms with E-state index in [0.29, 0.717) is 16.7 Å². The first-order valence-corrected chi connectivity index (χ1v) is 11.5. The SMILES string of the molecule is Cc1ccc(C(=O)Oc2ccc(OC(=O)c3ccc(C)c(N=O)c3)cc2C(=O)c2ccccc2)cc1C. The Labute approximate surface area is 213 Å².